The smallest absolute Gasteiger partial charge is 0.260 e. The van der Waals surface area contributed by atoms with Gasteiger partial charge < -0.3 is 19.5 Å². The van der Waals surface area contributed by atoms with Crippen molar-refractivity contribution in [3.63, 3.8) is 0 Å². The van der Waals surface area contributed by atoms with Crippen molar-refractivity contribution in [1.29, 1.82) is 5.26 Å². The molecule has 1 saturated carbocycles. The lowest BCUT2D eigenvalue weighted by atomic mass is 9.90. The summed E-state index contributed by atoms with van der Waals surface area (Å²) in [6.07, 6.45) is 6.70. The van der Waals surface area contributed by atoms with Gasteiger partial charge in [-0.15, -0.1) is 0 Å². The van der Waals surface area contributed by atoms with Crippen LogP contribution in [-0.2, 0) is 11.2 Å². The number of hydrogen-bond acceptors (Lipinski definition) is 5. The number of piperidine rings is 1. The van der Waals surface area contributed by atoms with E-state index >= 15 is 0 Å². The number of halogens is 1. The highest BCUT2D eigenvalue weighted by atomic mass is 19.1. The summed E-state index contributed by atoms with van der Waals surface area (Å²) in [7, 11) is 0. The molecule has 3 aromatic carbocycles. The second-order valence-electron chi connectivity index (χ2n) is 10.1. The predicted molar refractivity (Wildman–Crippen MR) is 141 cm³/mol. The first-order valence-electron chi connectivity index (χ1n) is 13.2. The summed E-state index contributed by atoms with van der Waals surface area (Å²) in [6, 6.07) is 18.9. The summed E-state index contributed by atoms with van der Waals surface area (Å²) in [6.45, 7) is 1.23. The molecule has 38 heavy (non-hydrogen) atoms. The van der Waals surface area contributed by atoms with Gasteiger partial charge >= 0.3 is 0 Å². The third-order valence-electron chi connectivity index (χ3n) is 7.24. The standard InChI is InChI=1S/C31H31FN2O4/c32-24-7-10-27(29(35)18-24)28-17-23(19-33)6-11-30(28)37-20-31(36)34-14-12-21(13-15-34)4-5-22-2-1-3-26(16-22)38-25-8-9-25/h1-3,6-7,10-11,16-18,21,25,35H,4-5,8-9,12-15,20H2. The van der Waals surface area contributed by atoms with Crippen molar-refractivity contribution in [2.75, 3.05) is 19.7 Å². The van der Waals surface area contributed by atoms with Gasteiger partial charge in [0.1, 0.15) is 23.1 Å². The molecule has 1 aliphatic carbocycles. The molecule has 1 N–H and O–H groups in total. The molecule has 6 nitrogen and oxygen atoms in total. The molecule has 1 aliphatic heterocycles. The van der Waals surface area contributed by atoms with E-state index in [9.17, 15) is 19.6 Å². The molecule has 1 amide bonds. The lowest BCUT2D eigenvalue weighted by Crippen LogP contribution is -2.41. The van der Waals surface area contributed by atoms with Crippen molar-refractivity contribution in [3.05, 3.63) is 77.6 Å². The van der Waals surface area contributed by atoms with Gasteiger partial charge in [-0.2, -0.15) is 5.26 Å². The summed E-state index contributed by atoms with van der Waals surface area (Å²) in [5.41, 5.74) is 2.42. The summed E-state index contributed by atoms with van der Waals surface area (Å²) < 4.78 is 25.3. The summed E-state index contributed by atoms with van der Waals surface area (Å²) >= 11 is 0. The Morgan fingerprint density at radius 1 is 1.03 bits per heavy atom. The number of benzene rings is 3. The van der Waals surface area contributed by atoms with Gasteiger partial charge in [0.25, 0.3) is 5.91 Å². The maximum atomic E-state index is 13.5. The molecule has 2 aliphatic rings. The zero-order chi connectivity index (χ0) is 26.5. The highest BCUT2D eigenvalue weighted by Gasteiger charge is 2.25. The molecule has 0 radical (unpaired) electrons. The fourth-order valence-electron chi connectivity index (χ4n) is 4.89. The van der Waals surface area contributed by atoms with E-state index in [1.54, 1.807) is 18.2 Å². The number of aryl methyl sites for hydroxylation is 1. The van der Waals surface area contributed by atoms with Gasteiger partial charge in [0.05, 0.1) is 17.7 Å². The predicted octanol–water partition coefficient (Wildman–Crippen LogP) is 5.86. The molecule has 0 atom stereocenters. The summed E-state index contributed by atoms with van der Waals surface area (Å²) in [5.74, 6) is 0.944. The number of nitrogens with zero attached hydrogens (tertiary/aromatic N) is 2. The molecule has 0 bridgehead atoms. The fraction of sp³-hybridized carbons (Fsp3) is 0.355. The normalized spacial score (nSPS) is 15.6. The highest BCUT2D eigenvalue weighted by molar-refractivity contribution is 5.80. The van der Waals surface area contributed by atoms with Crippen LogP contribution in [0.15, 0.2) is 60.7 Å². The van der Waals surface area contributed by atoms with Crippen LogP contribution < -0.4 is 9.47 Å². The number of phenolic OH excluding ortho intramolecular Hbond substituents is 1. The van der Waals surface area contributed by atoms with Gasteiger partial charge in [0.15, 0.2) is 6.61 Å². The van der Waals surface area contributed by atoms with Crippen LogP contribution in [0.5, 0.6) is 17.2 Å². The third-order valence-corrected chi connectivity index (χ3v) is 7.24. The van der Waals surface area contributed by atoms with E-state index in [4.69, 9.17) is 9.47 Å². The molecule has 1 heterocycles. The Balaban J connectivity index is 1.13. The number of likely N-dealkylation sites (tertiary alicyclic amines) is 1. The van der Waals surface area contributed by atoms with E-state index in [1.807, 2.05) is 11.0 Å². The van der Waals surface area contributed by atoms with E-state index < -0.39 is 5.82 Å². The monoisotopic (exact) mass is 514 g/mol. The summed E-state index contributed by atoms with van der Waals surface area (Å²) in [5, 5.41) is 19.5. The minimum atomic E-state index is -0.570. The van der Waals surface area contributed by atoms with Gasteiger partial charge in [-0.05, 0) is 92.5 Å². The largest absolute Gasteiger partial charge is 0.507 e. The zero-order valence-electron chi connectivity index (χ0n) is 21.2. The van der Waals surface area contributed by atoms with Crippen molar-refractivity contribution in [3.8, 4) is 34.4 Å². The van der Waals surface area contributed by atoms with Crippen LogP contribution in [0.4, 0.5) is 4.39 Å². The fourth-order valence-corrected chi connectivity index (χ4v) is 4.89. The Bertz CT molecular complexity index is 1340. The van der Waals surface area contributed by atoms with E-state index in [-0.39, 0.29) is 18.3 Å². The molecule has 196 valence electrons. The van der Waals surface area contributed by atoms with Crippen LogP contribution in [0.3, 0.4) is 0 Å². The van der Waals surface area contributed by atoms with Crippen LogP contribution in [0.1, 0.15) is 43.2 Å². The number of phenols is 1. The minimum absolute atomic E-state index is 0.105. The first kappa shape index (κ1) is 25.6. The molecular formula is C31H31FN2O4. The van der Waals surface area contributed by atoms with Crippen molar-refractivity contribution in [2.24, 2.45) is 5.92 Å². The van der Waals surface area contributed by atoms with Crippen molar-refractivity contribution >= 4 is 5.91 Å². The molecule has 0 unspecified atom stereocenters. The van der Waals surface area contributed by atoms with Gasteiger partial charge in [-0.3, -0.25) is 4.79 Å². The summed E-state index contributed by atoms with van der Waals surface area (Å²) in [4.78, 5) is 14.7. The van der Waals surface area contributed by atoms with E-state index in [0.29, 0.717) is 47.6 Å². The average molecular weight is 515 g/mol. The van der Waals surface area contributed by atoms with E-state index in [1.165, 1.54) is 17.7 Å². The van der Waals surface area contributed by atoms with Gasteiger partial charge in [-0.25, -0.2) is 4.39 Å². The number of ether oxygens (including phenoxy) is 2. The first-order chi connectivity index (χ1) is 18.5. The highest BCUT2D eigenvalue weighted by Crippen LogP contribution is 2.37. The SMILES string of the molecule is N#Cc1ccc(OCC(=O)N2CCC(CCc3cccc(OC4CC4)c3)CC2)c(-c2ccc(F)cc2O)c1. The van der Waals surface area contributed by atoms with Crippen LogP contribution >= 0.6 is 0 Å². The number of rotatable bonds is 9. The number of aromatic hydroxyl groups is 1. The minimum Gasteiger partial charge on any atom is -0.507 e. The molecule has 5 rings (SSSR count). The Morgan fingerprint density at radius 3 is 2.58 bits per heavy atom. The molecular weight excluding hydrogens is 483 g/mol. The van der Waals surface area contributed by atoms with Gasteiger partial charge in [0, 0.05) is 30.3 Å². The topological polar surface area (TPSA) is 82.8 Å². The first-order valence-corrected chi connectivity index (χ1v) is 13.2. The Labute approximate surface area is 222 Å². The van der Waals surface area contributed by atoms with Crippen molar-refractivity contribution in [2.45, 2.75) is 44.6 Å². The quantitative estimate of drug-likeness (QED) is 0.387. The Morgan fingerprint density at radius 2 is 1.84 bits per heavy atom. The van der Waals surface area contributed by atoms with E-state index in [0.717, 1.165) is 50.3 Å². The van der Waals surface area contributed by atoms with Gasteiger partial charge in [0.2, 0.25) is 0 Å². The maximum absolute atomic E-state index is 13.5. The van der Waals surface area contributed by atoms with Crippen LogP contribution in [0.2, 0.25) is 0 Å². The second kappa shape index (κ2) is 11.6. The lowest BCUT2D eigenvalue weighted by molar-refractivity contribution is -0.134. The van der Waals surface area contributed by atoms with Crippen LogP contribution in [0, 0.1) is 23.1 Å². The zero-order valence-corrected chi connectivity index (χ0v) is 21.2. The third kappa shape index (κ3) is 6.44. The molecule has 1 saturated heterocycles. The molecule has 3 aromatic rings. The second-order valence-corrected chi connectivity index (χ2v) is 10.1. The Kier molecular flexibility index (Phi) is 7.78. The number of hydrogen-bond donors (Lipinski definition) is 1. The van der Waals surface area contributed by atoms with Crippen LogP contribution in [0.25, 0.3) is 11.1 Å². The molecule has 0 aromatic heterocycles. The Hall–Kier alpha value is -4.05. The van der Waals surface area contributed by atoms with Gasteiger partial charge in [-0.1, -0.05) is 12.1 Å². The maximum Gasteiger partial charge on any atom is 0.260 e. The van der Waals surface area contributed by atoms with Crippen molar-refractivity contribution < 1.29 is 23.8 Å². The van der Waals surface area contributed by atoms with Crippen LogP contribution in [-0.4, -0.2) is 41.7 Å². The number of carbonyl (C=O) groups is 1. The lowest BCUT2D eigenvalue weighted by Gasteiger charge is -2.32. The molecule has 2 fully saturated rings. The average Bonchev–Trinajstić information content (AvgIpc) is 3.75. The molecule has 7 heteroatoms. The van der Waals surface area contributed by atoms with Crippen molar-refractivity contribution in [1.82, 2.24) is 4.90 Å². The number of nitriles is 1. The van der Waals surface area contributed by atoms with E-state index in [2.05, 4.69) is 24.3 Å². The number of amides is 1. The number of carbonyl (C=O) groups excluding carboxylic acids is 1. The molecule has 0 spiro atoms.